The van der Waals surface area contributed by atoms with Gasteiger partial charge in [0.15, 0.2) is 5.78 Å². The van der Waals surface area contributed by atoms with Crippen molar-refractivity contribution in [3.63, 3.8) is 0 Å². The fourth-order valence-electron chi connectivity index (χ4n) is 2.32. The normalized spacial score (nSPS) is 13.9. The molecule has 0 atom stereocenters. The minimum absolute atomic E-state index is 0.0122. The molecule has 0 saturated heterocycles. The summed E-state index contributed by atoms with van der Waals surface area (Å²) in [5, 5.41) is 11.4. The van der Waals surface area contributed by atoms with Crippen LogP contribution >= 0.6 is 0 Å². The summed E-state index contributed by atoms with van der Waals surface area (Å²) in [6.07, 6.45) is 5.31. The van der Waals surface area contributed by atoms with Gasteiger partial charge >= 0.3 is 0 Å². The van der Waals surface area contributed by atoms with Gasteiger partial charge in [-0.1, -0.05) is 6.08 Å². The lowest BCUT2D eigenvalue weighted by atomic mass is 10.3. The minimum atomic E-state index is -0.0688. The predicted octanol–water partition coefficient (Wildman–Crippen LogP) is 0.487. The number of amides is 1. The van der Waals surface area contributed by atoms with E-state index in [-0.39, 0.29) is 11.7 Å². The SMILES string of the molecule is CC(=O)c1cnc2n1CCN(C(=O)/C=C/CNCCC#N)C2. The van der Waals surface area contributed by atoms with E-state index in [0.29, 0.717) is 44.8 Å². The van der Waals surface area contributed by atoms with Crippen molar-refractivity contribution < 1.29 is 9.59 Å². The second-order valence-electron chi connectivity index (χ2n) is 5.04. The molecular weight excluding hydrogens is 282 g/mol. The largest absolute Gasteiger partial charge is 0.330 e. The molecule has 7 heteroatoms. The Balaban J connectivity index is 1.87. The average molecular weight is 301 g/mol. The van der Waals surface area contributed by atoms with Crippen LogP contribution in [0.2, 0.25) is 0 Å². The summed E-state index contributed by atoms with van der Waals surface area (Å²) in [7, 11) is 0. The summed E-state index contributed by atoms with van der Waals surface area (Å²) in [5.41, 5.74) is 0.597. The highest BCUT2D eigenvalue weighted by Gasteiger charge is 2.23. The van der Waals surface area contributed by atoms with Gasteiger partial charge in [-0.15, -0.1) is 0 Å². The van der Waals surface area contributed by atoms with E-state index in [9.17, 15) is 9.59 Å². The molecule has 0 saturated carbocycles. The zero-order valence-electron chi connectivity index (χ0n) is 12.6. The fourth-order valence-corrected chi connectivity index (χ4v) is 2.32. The van der Waals surface area contributed by atoms with Gasteiger partial charge in [0, 0.05) is 45.6 Å². The van der Waals surface area contributed by atoms with Crippen molar-refractivity contribution in [2.75, 3.05) is 19.6 Å². The van der Waals surface area contributed by atoms with Crippen LogP contribution in [0.3, 0.4) is 0 Å². The Hall–Kier alpha value is -2.46. The Bertz CT molecular complexity index is 626. The second-order valence-corrected chi connectivity index (χ2v) is 5.04. The molecule has 1 aromatic heterocycles. The lowest BCUT2D eigenvalue weighted by Crippen LogP contribution is -2.38. The Morgan fingerprint density at radius 2 is 2.32 bits per heavy atom. The summed E-state index contributed by atoms with van der Waals surface area (Å²) < 4.78 is 1.87. The molecule has 1 aliphatic rings. The monoisotopic (exact) mass is 301 g/mol. The van der Waals surface area contributed by atoms with Crippen molar-refractivity contribution in [2.45, 2.75) is 26.4 Å². The number of hydrogen-bond donors (Lipinski definition) is 1. The highest BCUT2D eigenvalue weighted by atomic mass is 16.2. The first kappa shape index (κ1) is 15.9. The molecule has 1 aliphatic heterocycles. The zero-order valence-corrected chi connectivity index (χ0v) is 12.6. The van der Waals surface area contributed by atoms with Crippen LogP contribution in [0, 0.1) is 11.3 Å². The highest BCUT2D eigenvalue weighted by Crippen LogP contribution is 2.15. The molecule has 0 unspecified atom stereocenters. The average Bonchev–Trinajstić information content (AvgIpc) is 2.93. The van der Waals surface area contributed by atoms with Gasteiger partial charge in [-0.25, -0.2) is 4.98 Å². The number of carbonyl (C=O) groups is 2. The number of aromatic nitrogens is 2. The smallest absolute Gasteiger partial charge is 0.246 e. The molecule has 0 radical (unpaired) electrons. The zero-order chi connectivity index (χ0) is 15.9. The van der Waals surface area contributed by atoms with Crippen molar-refractivity contribution in [1.29, 1.82) is 5.26 Å². The van der Waals surface area contributed by atoms with Gasteiger partial charge in [0.05, 0.1) is 18.8 Å². The topological polar surface area (TPSA) is 91.0 Å². The van der Waals surface area contributed by atoms with Gasteiger partial charge in [-0.2, -0.15) is 5.26 Å². The molecule has 22 heavy (non-hydrogen) atoms. The molecule has 1 aromatic rings. The molecule has 0 aliphatic carbocycles. The first-order valence-corrected chi connectivity index (χ1v) is 7.22. The number of nitrogens with one attached hydrogen (secondary N) is 1. The number of ketones is 1. The molecular formula is C15H19N5O2. The van der Waals surface area contributed by atoms with Crippen molar-refractivity contribution in [3.05, 3.63) is 29.9 Å². The van der Waals surface area contributed by atoms with Gasteiger partial charge in [0.25, 0.3) is 0 Å². The van der Waals surface area contributed by atoms with E-state index < -0.39 is 0 Å². The van der Waals surface area contributed by atoms with E-state index in [0.717, 1.165) is 5.82 Å². The van der Waals surface area contributed by atoms with Gasteiger partial charge in [-0.3, -0.25) is 9.59 Å². The van der Waals surface area contributed by atoms with Crippen LogP contribution in [0.4, 0.5) is 0 Å². The van der Waals surface area contributed by atoms with E-state index in [1.165, 1.54) is 13.0 Å². The predicted molar refractivity (Wildman–Crippen MR) is 79.9 cm³/mol. The summed E-state index contributed by atoms with van der Waals surface area (Å²) in [4.78, 5) is 29.5. The Kier molecular flexibility index (Phi) is 5.44. The molecule has 7 nitrogen and oxygen atoms in total. The third-order valence-corrected chi connectivity index (χ3v) is 3.47. The van der Waals surface area contributed by atoms with E-state index >= 15 is 0 Å². The first-order chi connectivity index (χ1) is 10.6. The van der Waals surface area contributed by atoms with Crippen molar-refractivity contribution in [3.8, 4) is 6.07 Å². The van der Waals surface area contributed by atoms with Gasteiger partial charge in [0.2, 0.25) is 5.91 Å². The molecule has 0 fully saturated rings. The first-order valence-electron chi connectivity index (χ1n) is 7.22. The summed E-state index contributed by atoms with van der Waals surface area (Å²) in [6, 6.07) is 2.04. The van der Waals surface area contributed by atoms with Crippen molar-refractivity contribution in [1.82, 2.24) is 19.8 Å². The summed E-state index contributed by atoms with van der Waals surface area (Å²) in [6.45, 7) is 4.26. The molecule has 0 bridgehead atoms. The van der Waals surface area contributed by atoms with Crippen LogP contribution in [0.15, 0.2) is 18.3 Å². The maximum absolute atomic E-state index is 12.1. The number of imidazole rings is 1. The lowest BCUT2D eigenvalue weighted by Gasteiger charge is -2.27. The van der Waals surface area contributed by atoms with Crippen LogP contribution in [-0.4, -0.2) is 45.8 Å². The van der Waals surface area contributed by atoms with Gasteiger partial charge < -0.3 is 14.8 Å². The van der Waals surface area contributed by atoms with Crippen LogP contribution in [0.25, 0.3) is 0 Å². The number of fused-ring (bicyclic) bond motifs is 1. The number of Topliss-reactive ketones (excluding diaryl/α,β-unsaturated/α-hetero) is 1. The van der Waals surface area contributed by atoms with E-state index in [1.54, 1.807) is 17.2 Å². The molecule has 1 N–H and O–H groups in total. The third kappa shape index (κ3) is 3.80. The molecule has 2 rings (SSSR count). The lowest BCUT2D eigenvalue weighted by molar-refractivity contribution is -0.127. The number of rotatable bonds is 6. The van der Waals surface area contributed by atoms with Crippen LogP contribution < -0.4 is 5.32 Å². The number of hydrogen-bond acceptors (Lipinski definition) is 5. The number of nitriles is 1. The van der Waals surface area contributed by atoms with Crippen LogP contribution in [-0.2, 0) is 17.9 Å². The van der Waals surface area contributed by atoms with Crippen molar-refractivity contribution >= 4 is 11.7 Å². The summed E-state index contributed by atoms with van der Waals surface area (Å²) >= 11 is 0. The molecule has 2 heterocycles. The van der Waals surface area contributed by atoms with Gasteiger partial charge in [-0.05, 0) is 0 Å². The number of nitrogens with zero attached hydrogens (tertiary/aromatic N) is 4. The Morgan fingerprint density at radius 1 is 1.50 bits per heavy atom. The molecule has 116 valence electrons. The molecule has 0 spiro atoms. The van der Waals surface area contributed by atoms with E-state index in [1.807, 2.05) is 10.6 Å². The van der Waals surface area contributed by atoms with Crippen LogP contribution in [0.5, 0.6) is 0 Å². The van der Waals surface area contributed by atoms with E-state index in [4.69, 9.17) is 5.26 Å². The molecule has 1 amide bonds. The maximum atomic E-state index is 12.1. The minimum Gasteiger partial charge on any atom is -0.330 e. The quantitative estimate of drug-likeness (QED) is 0.469. The van der Waals surface area contributed by atoms with Crippen LogP contribution in [0.1, 0.15) is 29.7 Å². The number of carbonyl (C=O) groups excluding carboxylic acids is 2. The van der Waals surface area contributed by atoms with Gasteiger partial charge in [0.1, 0.15) is 11.5 Å². The fraction of sp³-hybridized carbons (Fsp3) is 0.467. The Labute approximate surface area is 129 Å². The summed E-state index contributed by atoms with van der Waals surface area (Å²) in [5.74, 6) is 0.660. The van der Waals surface area contributed by atoms with E-state index in [2.05, 4.69) is 10.3 Å². The highest BCUT2D eigenvalue weighted by molar-refractivity contribution is 5.92. The second kappa shape index (κ2) is 7.52. The third-order valence-electron chi connectivity index (χ3n) is 3.47. The maximum Gasteiger partial charge on any atom is 0.246 e. The standard InChI is InChI=1S/C15H19N5O2/c1-12(21)13-10-18-14-11-19(8-9-20(13)14)15(22)4-2-6-17-7-3-5-16/h2,4,10,17H,3,6-9,11H2,1H3/b4-2+. The molecule has 0 aromatic carbocycles. The Morgan fingerprint density at radius 3 is 3.05 bits per heavy atom. The van der Waals surface area contributed by atoms with Crippen molar-refractivity contribution in [2.24, 2.45) is 0 Å².